The van der Waals surface area contributed by atoms with Crippen LogP contribution < -0.4 is 5.73 Å². The normalized spacial score (nSPS) is 27.7. The maximum Gasteiger partial charge on any atom is 0.0766 e. The maximum atomic E-state index is 10.4. The quantitative estimate of drug-likeness (QED) is 0.889. The molecule has 0 aromatic carbocycles. The maximum absolute atomic E-state index is 10.4. The molecule has 2 rings (SSSR count). The highest BCUT2D eigenvalue weighted by atomic mass is 79.9. The Morgan fingerprint density at radius 1 is 1.53 bits per heavy atom. The molecular weight excluding hydrogens is 306 g/mol. The Kier molecular flexibility index (Phi) is 4.69. The van der Waals surface area contributed by atoms with Crippen LogP contribution in [0.5, 0.6) is 0 Å². The third-order valence-electron chi connectivity index (χ3n) is 4.54. The van der Waals surface area contributed by atoms with Crippen LogP contribution in [0.4, 0.5) is 0 Å². The molecule has 19 heavy (non-hydrogen) atoms. The second-order valence-corrected chi connectivity index (χ2v) is 6.48. The highest BCUT2D eigenvalue weighted by molar-refractivity contribution is 9.10. The van der Waals surface area contributed by atoms with Crippen molar-refractivity contribution in [2.24, 2.45) is 18.2 Å². The minimum absolute atomic E-state index is 0.181. The van der Waals surface area contributed by atoms with Gasteiger partial charge in [0.15, 0.2) is 0 Å². The topological polar surface area (TPSA) is 64.1 Å². The van der Waals surface area contributed by atoms with E-state index >= 15 is 0 Å². The van der Waals surface area contributed by atoms with Crippen LogP contribution >= 0.6 is 15.9 Å². The molecule has 4 nitrogen and oxygen atoms in total. The van der Waals surface area contributed by atoms with Crippen molar-refractivity contribution in [1.29, 1.82) is 0 Å². The predicted molar refractivity (Wildman–Crippen MR) is 80.0 cm³/mol. The average molecular weight is 330 g/mol. The minimum Gasteiger partial charge on any atom is -0.392 e. The molecule has 1 saturated carbocycles. The first-order valence-corrected chi connectivity index (χ1v) is 7.91. The number of halogens is 1. The number of hydrogen-bond donors (Lipinski definition) is 2. The van der Waals surface area contributed by atoms with E-state index in [1.807, 2.05) is 11.7 Å². The molecule has 5 heteroatoms. The van der Waals surface area contributed by atoms with Gasteiger partial charge < -0.3 is 10.8 Å². The molecule has 1 fully saturated rings. The van der Waals surface area contributed by atoms with Crippen molar-refractivity contribution in [3.05, 3.63) is 15.9 Å². The Labute approximate surface area is 123 Å². The molecular formula is C14H24BrN3O. The van der Waals surface area contributed by atoms with Crippen LogP contribution in [0, 0.1) is 5.41 Å². The van der Waals surface area contributed by atoms with Crippen LogP contribution in [0.1, 0.15) is 44.0 Å². The molecule has 0 spiro atoms. The number of aromatic nitrogens is 2. The van der Waals surface area contributed by atoms with Crippen molar-refractivity contribution in [2.45, 2.75) is 51.6 Å². The average Bonchev–Trinajstić information content (AvgIpc) is 2.68. The Morgan fingerprint density at radius 3 is 2.79 bits per heavy atom. The summed E-state index contributed by atoms with van der Waals surface area (Å²) in [5.74, 6) is 0. The van der Waals surface area contributed by atoms with Gasteiger partial charge in [0.2, 0.25) is 0 Å². The van der Waals surface area contributed by atoms with Crippen molar-refractivity contribution in [1.82, 2.24) is 9.78 Å². The van der Waals surface area contributed by atoms with E-state index < -0.39 is 0 Å². The molecule has 1 aliphatic rings. The first-order valence-electron chi connectivity index (χ1n) is 7.12. The summed E-state index contributed by atoms with van der Waals surface area (Å²) in [6, 6.07) is 0. The van der Waals surface area contributed by atoms with E-state index in [9.17, 15) is 5.11 Å². The van der Waals surface area contributed by atoms with Crippen molar-refractivity contribution in [3.63, 3.8) is 0 Å². The summed E-state index contributed by atoms with van der Waals surface area (Å²) in [7, 11) is 1.97. The van der Waals surface area contributed by atoms with Crippen LogP contribution in [-0.2, 0) is 19.9 Å². The lowest BCUT2D eigenvalue weighted by Gasteiger charge is -2.40. The summed E-state index contributed by atoms with van der Waals surface area (Å²) in [6.45, 7) is 2.64. The van der Waals surface area contributed by atoms with Crippen molar-refractivity contribution in [3.8, 4) is 0 Å². The van der Waals surface area contributed by atoms with E-state index in [1.165, 1.54) is 0 Å². The van der Waals surface area contributed by atoms with Gasteiger partial charge in [0, 0.05) is 19.0 Å². The van der Waals surface area contributed by atoms with Gasteiger partial charge >= 0.3 is 0 Å². The SMILES string of the molecule is CCc1nn(C)c(CC2(CN)CCCCC2O)c1Br. The number of aliphatic hydroxyl groups excluding tert-OH is 1. The van der Waals surface area contributed by atoms with E-state index in [0.29, 0.717) is 6.54 Å². The van der Waals surface area contributed by atoms with E-state index in [-0.39, 0.29) is 11.5 Å². The zero-order valence-corrected chi connectivity index (χ0v) is 13.4. The molecule has 0 aliphatic heterocycles. The van der Waals surface area contributed by atoms with Crippen molar-refractivity contribution >= 4 is 15.9 Å². The van der Waals surface area contributed by atoms with Crippen LogP contribution in [0.15, 0.2) is 4.47 Å². The Bertz CT molecular complexity index is 446. The van der Waals surface area contributed by atoms with E-state index in [4.69, 9.17) is 5.73 Å². The molecule has 1 aromatic rings. The minimum atomic E-state index is -0.293. The van der Waals surface area contributed by atoms with Gasteiger partial charge in [0.25, 0.3) is 0 Å². The number of nitrogens with two attached hydrogens (primary N) is 1. The highest BCUT2D eigenvalue weighted by Crippen LogP contribution is 2.40. The van der Waals surface area contributed by atoms with Gasteiger partial charge in [-0.2, -0.15) is 5.10 Å². The van der Waals surface area contributed by atoms with Crippen molar-refractivity contribution < 1.29 is 5.11 Å². The third-order valence-corrected chi connectivity index (χ3v) is 5.45. The van der Waals surface area contributed by atoms with Crippen LogP contribution in [0.2, 0.25) is 0 Å². The Balaban J connectivity index is 2.30. The number of aliphatic hydroxyl groups is 1. The Morgan fingerprint density at radius 2 is 2.26 bits per heavy atom. The number of rotatable bonds is 4. The molecule has 0 saturated heterocycles. The molecule has 108 valence electrons. The van der Waals surface area contributed by atoms with E-state index in [0.717, 1.165) is 54.4 Å². The summed E-state index contributed by atoms with van der Waals surface area (Å²) in [4.78, 5) is 0. The number of hydrogen-bond acceptors (Lipinski definition) is 3. The van der Waals surface area contributed by atoms with E-state index in [1.54, 1.807) is 0 Å². The second-order valence-electron chi connectivity index (χ2n) is 5.69. The zero-order chi connectivity index (χ0) is 14.0. The van der Waals surface area contributed by atoms with Gasteiger partial charge in [0.1, 0.15) is 0 Å². The number of aryl methyl sites for hydroxylation is 2. The fourth-order valence-electron chi connectivity index (χ4n) is 3.15. The van der Waals surface area contributed by atoms with Gasteiger partial charge in [-0.1, -0.05) is 19.8 Å². The highest BCUT2D eigenvalue weighted by Gasteiger charge is 2.40. The third kappa shape index (κ3) is 2.73. The number of nitrogens with zero attached hydrogens (tertiary/aromatic N) is 2. The first kappa shape index (κ1) is 15.0. The van der Waals surface area contributed by atoms with Gasteiger partial charge in [-0.25, -0.2) is 0 Å². The monoisotopic (exact) mass is 329 g/mol. The van der Waals surface area contributed by atoms with Crippen LogP contribution in [-0.4, -0.2) is 27.5 Å². The molecule has 2 unspecified atom stereocenters. The van der Waals surface area contributed by atoms with E-state index in [2.05, 4.69) is 28.0 Å². The molecule has 0 bridgehead atoms. The first-order chi connectivity index (χ1) is 9.04. The van der Waals surface area contributed by atoms with Gasteiger partial charge in [-0.05, 0) is 41.6 Å². The summed E-state index contributed by atoms with van der Waals surface area (Å²) in [6.07, 6.45) is 5.55. The predicted octanol–water partition coefficient (Wildman–Crippen LogP) is 2.17. The van der Waals surface area contributed by atoms with Crippen molar-refractivity contribution in [2.75, 3.05) is 6.54 Å². The molecule has 0 amide bonds. The molecule has 1 aliphatic carbocycles. The molecule has 1 heterocycles. The fourth-order valence-corrected chi connectivity index (χ4v) is 3.91. The molecule has 1 aromatic heterocycles. The smallest absolute Gasteiger partial charge is 0.0766 e. The molecule has 2 atom stereocenters. The molecule has 0 radical (unpaired) electrons. The fraction of sp³-hybridized carbons (Fsp3) is 0.786. The van der Waals surface area contributed by atoms with Crippen LogP contribution in [0.25, 0.3) is 0 Å². The summed E-state index contributed by atoms with van der Waals surface area (Å²) >= 11 is 3.66. The lowest BCUT2D eigenvalue weighted by Crippen LogP contribution is -2.46. The molecule has 3 N–H and O–H groups in total. The standard InChI is InChI=1S/C14H24BrN3O/c1-3-10-13(15)11(18(2)17-10)8-14(9-16)7-5-4-6-12(14)19/h12,19H,3-9,16H2,1-2H3. The summed E-state index contributed by atoms with van der Waals surface area (Å²) in [5, 5.41) is 14.9. The zero-order valence-electron chi connectivity index (χ0n) is 11.8. The van der Waals surface area contributed by atoms with Gasteiger partial charge in [-0.15, -0.1) is 0 Å². The lowest BCUT2D eigenvalue weighted by molar-refractivity contribution is -0.00705. The lowest BCUT2D eigenvalue weighted by atomic mass is 9.69. The summed E-state index contributed by atoms with van der Waals surface area (Å²) in [5.41, 5.74) is 8.06. The van der Waals surface area contributed by atoms with Gasteiger partial charge in [-0.3, -0.25) is 4.68 Å². The second kappa shape index (κ2) is 5.94. The largest absolute Gasteiger partial charge is 0.392 e. The van der Waals surface area contributed by atoms with Crippen LogP contribution in [0.3, 0.4) is 0 Å². The Hall–Kier alpha value is -0.390. The van der Waals surface area contributed by atoms with Gasteiger partial charge in [0.05, 0.1) is 22.0 Å². The summed E-state index contributed by atoms with van der Waals surface area (Å²) < 4.78 is 3.02.